The van der Waals surface area contributed by atoms with Crippen molar-refractivity contribution in [3.8, 4) is 12.3 Å². The minimum absolute atomic E-state index is 0.0462. The van der Waals surface area contributed by atoms with Crippen LogP contribution in [0.1, 0.15) is 46.0 Å². The lowest BCUT2D eigenvalue weighted by atomic mass is 10.2. The number of nitrogens with two attached hydrogens (primary N) is 1. The zero-order chi connectivity index (χ0) is 17.7. The Morgan fingerprint density at radius 3 is 2.17 bits per heavy atom. The van der Waals surface area contributed by atoms with Crippen LogP contribution in [0.5, 0.6) is 0 Å². The molecule has 2 N–H and O–H groups in total. The Hall–Kier alpha value is -2.07. The maximum absolute atomic E-state index is 11.6. The standard InChI is InChI=1S/C16H25NO6/c1-4-7-13(17)16(20)22-11-12(23-15(19)9-6-3)10-21-14(18)8-5-2/h1,12-13H,5-11,17H2,2-3H3/t12?,13-/m1/s1. The summed E-state index contributed by atoms with van der Waals surface area (Å²) in [5.74, 6) is 0.709. The van der Waals surface area contributed by atoms with Crippen molar-refractivity contribution in [1.82, 2.24) is 0 Å². The highest BCUT2D eigenvalue weighted by molar-refractivity contribution is 5.76. The molecule has 0 aliphatic carbocycles. The van der Waals surface area contributed by atoms with Gasteiger partial charge in [0.05, 0.1) is 0 Å². The molecular weight excluding hydrogens is 302 g/mol. The van der Waals surface area contributed by atoms with Crippen molar-refractivity contribution < 1.29 is 28.6 Å². The molecule has 0 heterocycles. The van der Waals surface area contributed by atoms with E-state index < -0.39 is 30.1 Å². The van der Waals surface area contributed by atoms with Gasteiger partial charge in [0.1, 0.15) is 19.3 Å². The summed E-state index contributed by atoms with van der Waals surface area (Å²) in [4.78, 5) is 34.5. The number of ether oxygens (including phenoxy) is 3. The van der Waals surface area contributed by atoms with Gasteiger partial charge < -0.3 is 19.9 Å². The van der Waals surface area contributed by atoms with Crippen LogP contribution in [0, 0.1) is 12.3 Å². The molecule has 130 valence electrons. The van der Waals surface area contributed by atoms with Crippen LogP contribution in [0.25, 0.3) is 0 Å². The Labute approximate surface area is 136 Å². The second-order valence-corrected chi connectivity index (χ2v) is 4.94. The quantitative estimate of drug-likeness (QED) is 0.342. The molecule has 0 saturated heterocycles. The molecule has 23 heavy (non-hydrogen) atoms. The van der Waals surface area contributed by atoms with Crippen LogP contribution >= 0.6 is 0 Å². The molecule has 0 amide bonds. The number of terminal acetylenes is 1. The Morgan fingerprint density at radius 2 is 1.61 bits per heavy atom. The third kappa shape index (κ3) is 10.3. The van der Waals surface area contributed by atoms with E-state index >= 15 is 0 Å². The monoisotopic (exact) mass is 327 g/mol. The van der Waals surface area contributed by atoms with Crippen LogP contribution in [-0.2, 0) is 28.6 Å². The lowest BCUT2D eigenvalue weighted by molar-refractivity contribution is -0.167. The summed E-state index contributed by atoms with van der Waals surface area (Å²) in [5, 5.41) is 0. The van der Waals surface area contributed by atoms with E-state index in [0.717, 1.165) is 0 Å². The lowest BCUT2D eigenvalue weighted by Gasteiger charge is -2.19. The van der Waals surface area contributed by atoms with Crippen molar-refractivity contribution in [3.63, 3.8) is 0 Å². The van der Waals surface area contributed by atoms with Crippen molar-refractivity contribution in [1.29, 1.82) is 0 Å². The molecule has 0 aromatic carbocycles. The maximum atomic E-state index is 11.6. The minimum atomic E-state index is -0.936. The molecule has 0 saturated carbocycles. The number of carbonyl (C=O) groups is 3. The molecule has 0 bridgehead atoms. The number of hydrogen-bond acceptors (Lipinski definition) is 7. The van der Waals surface area contributed by atoms with Gasteiger partial charge in [0, 0.05) is 19.3 Å². The van der Waals surface area contributed by atoms with Crippen LogP contribution in [0.15, 0.2) is 0 Å². The molecule has 0 aliphatic rings. The first-order chi connectivity index (χ1) is 10.9. The van der Waals surface area contributed by atoms with E-state index in [1.165, 1.54) is 0 Å². The third-order valence-corrected chi connectivity index (χ3v) is 2.69. The van der Waals surface area contributed by atoms with Crippen molar-refractivity contribution in [3.05, 3.63) is 0 Å². The summed E-state index contributed by atoms with van der Waals surface area (Å²) in [6, 6.07) is -0.936. The molecule has 7 heteroatoms. The Morgan fingerprint density at radius 1 is 1.04 bits per heavy atom. The van der Waals surface area contributed by atoms with Gasteiger partial charge in [0.25, 0.3) is 0 Å². The van der Waals surface area contributed by atoms with Gasteiger partial charge in [0.2, 0.25) is 0 Å². The van der Waals surface area contributed by atoms with Gasteiger partial charge in [0.15, 0.2) is 6.10 Å². The second-order valence-electron chi connectivity index (χ2n) is 4.94. The second kappa shape index (κ2) is 12.5. The fourth-order valence-electron chi connectivity index (χ4n) is 1.52. The fourth-order valence-corrected chi connectivity index (χ4v) is 1.52. The zero-order valence-corrected chi connectivity index (χ0v) is 13.7. The van der Waals surface area contributed by atoms with Crippen molar-refractivity contribution in [2.45, 2.75) is 58.1 Å². The SMILES string of the molecule is C#CC[C@@H](N)C(=O)OCC(COC(=O)CCC)OC(=O)CCC. The van der Waals surface area contributed by atoms with E-state index in [4.69, 9.17) is 26.4 Å². The predicted molar refractivity (Wildman–Crippen MR) is 83.0 cm³/mol. The van der Waals surface area contributed by atoms with Crippen molar-refractivity contribution >= 4 is 17.9 Å². The van der Waals surface area contributed by atoms with E-state index in [9.17, 15) is 14.4 Å². The Bertz CT molecular complexity index is 429. The molecule has 0 aliphatic heterocycles. The summed E-state index contributed by atoms with van der Waals surface area (Å²) in [6.07, 6.45) is 6.01. The fraction of sp³-hybridized carbons (Fsp3) is 0.688. The molecule has 0 rings (SSSR count). The maximum Gasteiger partial charge on any atom is 0.324 e. The van der Waals surface area contributed by atoms with Crippen LogP contribution in [0.3, 0.4) is 0 Å². The van der Waals surface area contributed by atoms with E-state index in [-0.39, 0.29) is 32.5 Å². The molecule has 2 atom stereocenters. The first-order valence-electron chi connectivity index (χ1n) is 7.65. The summed E-state index contributed by atoms with van der Waals surface area (Å²) < 4.78 is 15.1. The lowest BCUT2D eigenvalue weighted by Crippen LogP contribution is -2.36. The highest BCUT2D eigenvalue weighted by Gasteiger charge is 2.21. The molecule has 0 aromatic heterocycles. The number of carbonyl (C=O) groups excluding carboxylic acids is 3. The van der Waals surface area contributed by atoms with Crippen LogP contribution in [0.2, 0.25) is 0 Å². The number of hydrogen-bond donors (Lipinski definition) is 1. The Kier molecular flexibility index (Phi) is 11.3. The highest BCUT2D eigenvalue weighted by atomic mass is 16.6. The normalized spacial score (nSPS) is 12.6. The highest BCUT2D eigenvalue weighted by Crippen LogP contribution is 2.03. The van der Waals surface area contributed by atoms with Crippen LogP contribution in [0.4, 0.5) is 0 Å². The van der Waals surface area contributed by atoms with Gasteiger partial charge in [-0.05, 0) is 12.8 Å². The number of rotatable bonds is 11. The smallest absolute Gasteiger partial charge is 0.324 e. The van der Waals surface area contributed by atoms with Gasteiger partial charge in [-0.15, -0.1) is 12.3 Å². The van der Waals surface area contributed by atoms with E-state index in [0.29, 0.717) is 12.8 Å². The number of esters is 3. The van der Waals surface area contributed by atoms with E-state index in [1.54, 1.807) is 0 Å². The average molecular weight is 327 g/mol. The van der Waals surface area contributed by atoms with Gasteiger partial charge in [-0.1, -0.05) is 13.8 Å². The van der Waals surface area contributed by atoms with E-state index in [2.05, 4.69) is 5.92 Å². The van der Waals surface area contributed by atoms with Gasteiger partial charge in [-0.2, -0.15) is 0 Å². The largest absolute Gasteiger partial charge is 0.462 e. The molecule has 7 nitrogen and oxygen atoms in total. The van der Waals surface area contributed by atoms with Crippen molar-refractivity contribution in [2.24, 2.45) is 5.73 Å². The molecule has 1 unspecified atom stereocenters. The topological polar surface area (TPSA) is 105 Å². The molecular formula is C16H25NO6. The summed E-state index contributed by atoms with van der Waals surface area (Å²) in [7, 11) is 0. The van der Waals surface area contributed by atoms with Crippen LogP contribution < -0.4 is 5.73 Å². The molecule has 0 spiro atoms. The van der Waals surface area contributed by atoms with Crippen molar-refractivity contribution in [2.75, 3.05) is 13.2 Å². The average Bonchev–Trinajstić information content (AvgIpc) is 2.50. The molecule has 0 aromatic rings. The molecule has 0 fully saturated rings. The van der Waals surface area contributed by atoms with Gasteiger partial charge in [-0.25, -0.2) is 0 Å². The van der Waals surface area contributed by atoms with Gasteiger partial charge in [-0.3, -0.25) is 14.4 Å². The third-order valence-electron chi connectivity index (χ3n) is 2.69. The predicted octanol–water partition coefficient (Wildman–Crippen LogP) is 0.935. The summed E-state index contributed by atoms with van der Waals surface area (Å²) in [5.41, 5.74) is 5.51. The summed E-state index contributed by atoms with van der Waals surface area (Å²) >= 11 is 0. The van der Waals surface area contributed by atoms with Gasteiger partial charge >= 0.3 is 17.9 Å². The van der Waals surface area contributed by atoms with E-state index in [1.807, 2.05) is 13.8 Å². The minimum Gasteiger partial charge on any atom is -0.462 e. The molecule has 0 radical (unpaired) electrons. The zero-order valence-electron chi connectivity index (χ0n) is 13.7. The first-order valence-corrected chi connectivity index (χ1v) is 7.65. The van der Waals surface area contributed by atoms with Crippen LogP contribution in [-0.4, -0.2) is 43.3 Å². The Balaban J connectivity index is 4.47. The summed E-state index contributed by atoms with van der Waals surface area (Å²) in [6.45, 7) is 3.25. The first kappa shape index (κ1) is 20.9.